The Bertz CT molecular complexity index is 843. The van der Waals surface area contributed by atoms with Crippen molar-refractivity contribution in [2.45, 2.75) is 25.8 Å². The molecule has 0 unspecified atom stereocenters. The van der Waals surface area contributed by atoms with Gasteiger partial charge >= 0.3 is 0 Å². The summed E-state index contributed by atoms with van der Waals surface area (Å²) in [6.07, 6.45) is 1.42. The van der Waals surface area contributed by atoms with Crippen LogP contribution in [0, 0.1) is 0 Å². The van der Waals surface area contributed by atoms with E-state index >= 15 is 0 Å². The van der Waals surface area contributed by atoms with Gasteiger partial charge in [0.2, 0.25) is 0 Å². The highest BCUT2D eigenvalue weighted by Gasteiger charge is 2.24. The lowest BCUT2D eigenvalue weighted by Crippen LogP contribution is -2.47. The van der Waals surface area contributed by atoms with Gasteiger partial charge in [0, 0.05) is 30.3 Å². The zero-order valence-electron chi connectivity index (χ0n) is 15.9. The Kier molecular flexibility index (Phi) is 6.42. The van der Waals surface area contributed by atoms with E-state index in [0.717, 1.165) is 0 Å². The predicted octanol–water partition coefficient (Wildman–Crippen LogP) is 2.69. The molecule has 146 valence electrons. The Morgan fingerprint density at radius 2 is 1.68 bits per heavy atom. The minimum atomic E-state index is -0.0962. The second-order valence-electron chi connectivity index (χ2n) is 6.87. The molecule has 0 saturated carbocycles. The molecule has 1 aliphatic heterocycles. The van der Waals surface area contributed by atoms with Crippen LogP contribution in [0.4, 0.5) is 0 Å². The van der Waals surface area contributed by atoms with Crippen molar-refractivity contribution in [2.75, 3.05) is 19.7 Å². The zero-order chi connectivity index (χ0) is 19.9. The number of benzene rings is 2. The first kappa shape index (κ1) is 19.6. The molecule has 2 amide bonds. The fourth-order valence-electron chi connectivity index (χ4n) is 3.17. The van der Waals surface area contributed by atoms with Gasteiger partial charge in [-0.15, -0.1) is 0 Å². The largest absolute Gasteiger partial charge is 0.484 e. The van der Waals surface area contributed by atoms with Gasteiger partial charge in [0.1, 0.15) is 5.75 Å². The minimum Gasteiger partial charge on any atom is -0.484 e. The molecule has 1 fully saturated rings. The molecule has 0 aromatic heterocycles. The van der Waals surface area contributed by atoms with Gasteiger partial charge in [-0.2, -0.15) is 0 Å². The van der Waals surface area contributed by atoms with Gasteiger partial charge in [-0.05, 0) is 44.0 Å². The van der Waals surface area contributed by atoms with E-state index in [1.165, 1.54) is 6.92 Å². The molecule has 0 spiro atoms. The summed E-state index contributed by atoms with van der Waals surface area (Å²) in [7, 11) is 0. The smallest absolute Gasteiger partial charge is 0.260 e. The van der Waals surface area contributed by atoms with Crippen molar-refractivity contribution < 1.29 is 19.1 Å². The minimum absolute atomic E-state index is 0.0450. The maximum absolute atomic E-state index is 12.4. The molecule has 0 bridgehead atoms. The number of carbonyl (C=O) groups excluding carboxylic acids is 3. The van der Waals surface area contributed by atoms with E-state index in [1.807, 2.05) is 18.2 Å². The number of ketones is 1. The second kappa shape index (κ2) is 9.17. The average molecular weight is 380 g/mol. The van der Waals surface area contributed by atoms with Crippen molar-refractivity contribution in [3.63, 3.8) is 0 Å². The van der Waals surface area contributed by atoms with Crippen LogP contribution in [-0.2, 0) is 4.79 Å². The summed E-state index contributed by atoms with van der Waals surface area (Å²) in [5, 5.41) is 3.03. The van der Waals surface area contributed by atoms with E-state index in [-0.39, 0.29) is 30.2 Å². The predicted molar refractivity (Wildman–Crippen MR) is 105 cm³/mol. The highest BCUT2D eigenvalue weighted by molar-refractivity contribution is 5.94. The summed E-state index contributed by atoms with van der Waals surface area (Å²) < 4.78 is 5.55. The molecular formula is C22H24N2O4. The number of nitrogens with one attached hydrogen (secondary N) is 1. The van der Waals surface area contributed by atoms with Crippen LogP contribution in [0.3, 0.4) is 0 Å². The van der Waals surface area contributed by atoms with Crippen LogP contribution >= 0.6 is 0 Å². The maximum Gasteiger partial charge on any atom is 0.260 e. The number of ether oxygens (including phenoxy) is 1. The fraction of sp³-hybridized carbons (Fsp3) is 0.318. The van der Waals surface area contributed by atoms with E-state index in [1.54, 1.807) is 41.3 Å². The molecule has 2 aromatic carbocycles. The molecule has 3 rings (SSSR count). The molecule has 0 aliphatic carbocycles. The second-order valence-corrected chi connectivity index (χ2v) is 6.87. The van der Waals surface area contributed by atoms with Crippen LogP contribution in [0.5, 0.6) is 5.75 Å². The lowest BCUT2D eigenvalue weighted by atomic mass is 10.0. The number of hydrogen-bond acceptors (Lipinski definition) is 4. The number of rotatable bonds is 6. The van der Waals surface area contributed by atoms with Gasteiger partial charge in [0.05, 0.1) is 0 Å². The van der Waals surface area contributed by atoms with E-state index < -0.39 is 0 Å². The van der Waals surface area contributed by atoms with Crippen LogP contribution in [0.25, 0.3) is 0 Å². The van der Waals surface area contributed by atoms with Crippen molar-refractivity contribution >= 4 is 17.6 Å². The molecule has 1 N–H and O–H groups in total. The summed E-state index contributed by atoms with van der Waals surface area (Å²) in [5.74, 6) is 0.280. The molecule has 6 nitrogen and oxygen atoms in total. The van der Waals surface area contributed by atoms with E-state index in [2.05, 4.69) is 5.32 Å². The highest BCUT2D eigenvalue weighted by atomic mass is 16.5. The molecule has 0 radical (unpaired) electrons. The Morgan fingerprint density at radius 1 is 1.00 bits per heavy atom. The molecule has 1 heterocycles. The Hall–Kier alpha value is -3.15. The summed E-state index contributed by atoms with van der Waals surface area (Å²) in [6, 6.07) is 16.0. The van der Waals surface area contributed by atoms with Gasteiger partial charge in [0.25, 0.3) is 11.8 Å². The average Bonchev–Trinajstić information content (AvgIpc) is 2.73. The maximum atomic E-state index is 12.4. The Morgan fingerprint density at radius 3 is 2.36 bits per heavy atom. The van der Waals surface area contributed by atoms with Gasteiger partial charge in [-0.25, -0.2) is 0 Å². The monoisotopic (exact) mass is 380 g/mol. The van der Waals surface area contributed by atoms with Crippen molar-refractivity contribution in [3.05, 3.63) is 65.7 Å². The van der Waals surface area contributed by atoms with E-state index in [4.69, 9.17) is 4.74 Å². The Balaban J connectivity index is 1.44. The number of nitrogens with zero attached hydrogens (tertiary/aromatic N) is 1. The third-order valence-electron chi connectivity index (χ3n) is 4.82. The first-order chi connectivity index (χ1) is 13.5. The van der Waals surface area contributed by atoms with E-state index in [9.17, 15) is 14.4 Å². The summed E-state index contributed by atoms with van der Waals surface area (Å²) in [6.45, 7) is 2.58. The third-order valence-corrected chi connectivity index (χ3v) is 4.82. The zero-order valence-corrected chi connectivity index (χ0v) is 15.9. The van der Waals surface area contributed by atoms with E-state index in [0.29, 0.717) is 42.8 Å². The molecule has 0 atom stereocenters. The van der Waals surface area contributed by atoms with Crippen molar-refractivity contribution in [2.24, 2.45) is 0 Å². The fourth-order valence-corrected chi connectivity index (χ4v) is 3.17. The van der Waals surface area contributed by atoms with Crippen molar-refractivity contribution in [1.82, 2.24) is 10.2 Å². The van der Waals surface area contributed by atoms with Crippen molar-refractivity contribution in [3.8, 4) is 5.75 Å². The molecule has 1 saturated heterocycles. The quantitative estimate of drug-likeness (QED) is 0.782. The lowest BCUT2D eigenvalue weighted by Gasteiger charge is -2.32. The number of Topliss-reactive ketones (excluding diaryl/α,β-unsaturated/α-hetero) is 1. The number of hydrogen-bond donors (Lipinski definition) is 1. The third kappa shape index (κ3) is 5.19. The number of likely N-dealkylation sites (tertiary alicyclic amines) is 1. The highest BCUT2D eigenvalue weighted by Crippen LogP contribution is 2.15. The van der Waals surface area contributed by atoms with Crippen LogP contribution < -0.4 is 10.1 Å². The summed E-state index contributed by atoms with van der Waals surface area (Å²) in [5.41, 5.74) is 1.20. The normalized spacial score (nSPS) is 14.4. The summed E-state index contributed by atoms with van der Waals surface area (Å²) >= 11 is 0. The van der Waals surface area contributed by atoms with Crippen molar-refractivity contribution in [1.29, 1.82) is 0 Å². The SMILES string of the molecule is CC(=O)c1cccc(OCC(=O)N2CCC(NC(=O)c3ccccc3)CC2)c1. The van der Waals surface area contributed by atoms with Crippen LogP contribution in [0.15, 0.2) is 54.6 Å². The topological polar surface area (TPSA) is 75.7 Å². The lowest BCUT2D eigenvalue weighted by molar-refractivity contribution is -0.134. The first-order valence-electron chi connectivity index (χ1n) is 9.40. The van der Waals surface area contributed by atoms with Crippen LogP contribution in [-0.4, -0.2) is 48.2 Å². The standard InChI is InChI=1S/C22H24N2O4/c1-16(25)18-8-5-9-20(14-18)28-15-21(26)24-12-10-19(11-13-24)23-22(27)17-6-3-2-4-7-17/h2-9,14,19H,10-13,15H2,1H3,(H,23,27). The molecule has 2 aromatic rings. The Labute approximate surface area is 164 Å². The van der Waals surface area contributed by atoms with Crippen LogP contribution in [0.2, 0.25) is 0 Å². The first-order valence-corrected chi connectivity index (χ1v) is 9.40. The van der Waals surface area contributed by atoms with Gasteiger partial charge < -0.3 is 15.0 Å². The molecule has 28 heavy (non-hydrogen) atoms. The number of piperidine rings is 1. The molecular weight excluding hydrogens is 356 g/mol. The molecule has 6 heteroatoms. The summed E-state index contributed by atoms with van der Waals surface area (Å²) in [4.78, 5) is 37.8. The van der Waals surface area contributed by atoms with Gasteiger partial charge in [-0.3, -0.25) is 14.4 Å². The van der Waals surface area contributed by atoms with Gasteiger partial charge in [-0.1, -0.05) is 30.3 Å². The van der Waals surface area contributed by atoms with Gasteiger partial charge in [0.15, 0.2) is 12.4 Å². The van der Waals surface area contributed by atoms with Crippen LogP contribution in [0.1, 0.15) is 40.5 Å². The number of carbonyl (C=O) groups is 3. The molecule has 1 aliphatic rings. The number of amides is 2.